The molecule has 0 unspecified atom stereocenters. The van der Waals surface area contributed by atoms with Gasteiger partial charge >= 0.3 is 0 Å². The van der Waals surface area contributed by atoms with Crippen LogP contribution in [0.25, 0.3) is 0 Å². The monoisotopic (exact) mass is 308 g/mol. The Morgan fingerprint density at radius 1 is 1.50 bits per heavy atom. The molecule has 2 aliphatic rings. The molecule has 6 nitrogen and oxygen atoms in total. The van der Waals surface area contributed by atoms with Crippen molar-refractivity contribution in [2.24, 2.45) is 5.92 Å². The molecular formula is C15H21FN4O2. The van der Waals surface area contributed by atoms with Crippen LogP contribution in [0.2, 0.25) is 0 Å². The molecule has 1 aromatic rings. The quantitative estimate of drug-likeness (QED) is 0.878. The van der Waals surface area contributed by atoms with Crippen molar-refractivity contribution in [3.63, 3.8) is 0 Å². The van der Waals surface area contributed by atoms with E-state index in [0.29, 0.717) is 31.6 Å². The lowest BCUT2D eigenvalue weighted by atomic mass is 10.1. The van der Waals surface area contributed by atoms with E-state index in [4.69, 9.17) is 0 Å². The molecule has 2 fully saturated rings. The predicted octanol–water partition coefficient (Wildman–Crippen LogP) is 1.22. The van der Waals surface area contributed by atoms with Crippen LogP contribution in [0.3, 0.4) is 0 Å². The van der Waals surface area contributed by atoms with Crippen molar-refractivity contribution in [3.8, 4) is 0 Å². The van der Waals surface area contributed by atoms with E-state index >= 15 is 0 Å². The first kappa shape index (κ1) is 15.0. The highest BCUT2D eigenvalue weighted by molar-refractivity contribution is 5.92. The lowest BCUT2D eigenvalue weighted by Crippen LogP contribution is -2.39. The fourth-order valence-corrected chi connectivity index (χ4v) is 2.71. The molecule has 0 spiro atoms. The van der Waals surface area contributed by atoms with Crippen LogP contribution in [-0.4, -0.2) is 52.2 Å². The Labute approximate surface area is 128 Å². The molecule has 1 aliphatic heterocycles. The molecule has 2 heterocycles. The molecule has 3 atom stereocenters. The number of alkyl halides is 1. The first-order valence-corrected chi connectivity index (χ1v) is 7.74. The average Bonchev–Trinajstić information content (AvgIpc) is 2.93. The van der Waals surface area contributed by atoms with Crippen molar-refractivity contribution >= 4 is 11.8 Å². The number of halogens is 1. The third-order valence-electron chi connectivity index (χ3n) is 4.31. The Hall–Kier alpha value is -1.92. The third kappa shape index (κ3) is 2.98. The number of H-pyrrole nitrogens is 1. The van der Waals surface area contributed by atoms with E-state index in [9.17, 15) is 14.0 Å². The number of likely N-dealkylation sites (tertiary alicyclic amines) is 1. The summed E-state index contributed by atoms with van der Waals surface area (Å²) in [7, 11) is 0. The van der Waals surface area contributed by atoms with Gasteiger partial charge in [0, 0.05) is 24.8 Å². The summed E-state index contributed by atoms with van der Waals surface area (Å²) in [5.41, 5.74) is 1.33. The summed E-state index contributed by atoms with van der Waals surface area (Å²) in [5.74, 6) is -0.556. The van der Waals surface area contributed by atoms with Gasteiger partial charge in [-0.1, -0.05) is 13.8 Å². The molecular weight excluding hydrogens is 287 g/mol. The Morgan fingerprint density at radius 2 is 2.23 bits per heavy atom. The number of hydrogen-bond acceptors (Lipinski definition) is 3. The molecule has 1 aliphatic carbocycles. The van der Waals surface area contributed by atoms with Gasteiger partial charge in [0.1, 0.15) is 11.9 Å². The maximum absolute atomic E-state index is 12.9. The van der Waals surface area contributed by atoms with E-state index in [2.05, 4.69) is 15.5 Å². The van der Waals surface area contributed by atoms with Crippen molar-refractivity contribution in [1.82, 2.24) is 20.4 Å². The standard InChI is InChI=1S/C15H21FN4O2/c1-8(2)12-6-13(19-18-12)15(22)20-4-3-9(7-20)17-14(21)10-5-11(10)16/h6,8-11H,3-5,7H2,1-2H3,(H,17,21)(H,18,19)/t9-,10+,11+/m1/s1. The van der Waals surface area contributed by atoms with Crippen LogP contribution in [0.4, 0.5) is 4.39 Å². The van der Waals surface area contributed by atoms with Crippen LogP contribution in [0.1, 0.15) is 48.8 Å². The van der Waals surface area contributed by atoms with Gasteiger partial charge in [0.25, 0.3) is 5.91 Å². The number of aromatic amines is 1. The fourth-order valence-electron chi connectivity index (χ4n) is 2.71. The zero-order valence-corrected chi connectivity index (χ0v) is 12.8. The van der Waals surface area contributed by atoms with Crippen LogP contribution in [-0.2, 0) is 4.79 Å². The molecule has 3 rings (SSSR count). The molecule has 0 bridgehead atoms. The molecule has 2 amide bonds. The van der Waals surface area contributed by atoms with Gasteiger partial charge in [-0.05, 0) is 24.8 Å². The van der Waals surface area contributed by atoms with Crippen molar-refractivity contribution in [2.45, 2.75) is 44.8 Å². The summed E-state index contributed by atoms with van der Waals surface area (Å²) in [6.07, 6.45) is 0.0346. The Bertz CT molecular complexity index is 586. The van der Waals surface area contributed by atoms with Crippen molar-refractivity contribution in [3.05, 3.63) is 17.5 Å². The average molecular weight is 308 g/mol. The molecule has 1 saturated heterocycles. The zero-order valence-electron chi connectivity index (χ0n) is 12.8. The van der Waals surface area contributed by atoms with Crippen LogP contribution < -0.4 is 5.32 Å². The van der Waals surface area contributed by atoms with E-state index in [0.717, 1.165) is 5.69 Å². The summed E-state index contributed by atoms with van der Waals surface area (Å²) < 4.78 is 12.9. The normalized spacial score (nSPS) is 27.3. The smallest absolute Gasteiger partial charge is 0.274 e. The fraction of sp³-hybridized carbons (Fsp3) is 0.667. The highest BCUT2D eigenvalue weighted by Gasteiger charge is 2.44. The van der Waals surface area contributed by atoms with Crippen LogP contribution in [0.5, 0.6) is 0 Å². The summed E-state index contributed by atoms with van der Waals surface area (Å²) in [6.45, 7) is 5.09. The molecule has 120 valence electrons. The number of nitrogens with zero attached hydrogens (tertiary/aromatic N) is 2. The number of aromatic nitrogens is 2. The number of carbonyl (C=O) groups excluding carboxylic acids is 2. The molecule has 0 radical (unpaired) electrons. The van der Waals surface area contributed by atoms with E-state index in [-0.39, 0.29) is 23.8 Å². The van der Waals surface area contributed by atoms with Crippen molar-refractivity contribution < 1.29 is 14.0 Å². The maximum Gasteiger partial charge on any atom is 0.274 e. The summed E-state index contributed by atoms with van der Waals surface area (Å²) in [4.78, 5) is 25.8. The molecule has 0 aromatic carbocycles. The second-order valence-electron chi connectivity index (χ2n) is 6.47. The van der Waals surface area contributed by atoms with Gasteiger partial charge < -0.3 is 10.2 Å². The number of carbonyl (C=O) groups is 2. The molecule has 1 aromatic heterocycles. The van der Waals surface area contributed by atoms with Gasteiger partial charge in [0.15, 0.2) is 0 Å². The van der Waals surface area contributed by atoms with E-state index in [1.807, 2.05) is 13.8 Å². The molecule has 7 heteroatoms. The van der Waals surface area contributed by atoms with E-state index in [1.54, 1.807) is 11.0 Å². The lowest BCUT2D eigenvalue weighted by Gasteiger charge is -2.15. The van der Waals surface area contributed by atoms with E-state index < -0.39 is 12.1 Å². The van der Waals surface area contributed by atoms with Gasteiger partial charge in [0.05, 0.1) is 5.92 Å². The lowest BCUT2D eigenvalue weighted by molar-refractivity contribution is -0.123. The second kappa shape index (κ2) is 5.70. The Kier molecular flexibility index (Phi) is 3.88. The largest absolute Gasteiger partial charge is 0.351 e. The van der Waals surface area contributed by atoms with Crippen molar-refractivity contribution in [2.75, 3.05) is 13.1 Å². The minimum absolute atomic E-state index is 0.0900. The van der Waals surface area contributed by atoms with Gasteiger partial charge in [-0.3, -0.25) is 14.7 Å². The number of hydrogen-bond donors (Lipinski definition) is 2. The topological polar surface area (TPSA) is 78.1 Å². The number of nitrogens with one attached hydrogen (secondary N) is 2. The Balaban J connectivity index is 1.55. The zero-order chi connectivity index (χ0) is 15.9. The third-order valence-corrected chi connectivity index (χ3v) is 4.31. The Morgan fingerprint density at radius 3 is 2.82 bits per heavy atom. The van der Waals surface area contributed by atoms with Gasteiger partial charge in [-0.15, -0.1) is 0 Å². The van der Waals surface area contributed by atoms with Crippen LogP contribution in [0, 0.1) is 5.92 Å². The molecule has 2 N–H and O–H groups in total. The SMILES string of the molecule is CC(C)c1cc(C(=O)N2CC[C@@H](NC(=O)[C@H]3C[C@@H]3F)C2)n[nH]1. The van der Waals surface area contributed by atoms with Gasteiger partial charge in [0.2, 0.25) is 5.91 Å². The first-order valence-electron chi connectivity index (χ1n) is 7.74. The highest BCUT2D eigenvalue weighted by atomic mass is 19.1. The summed E-state index contributed by atoms with van der Waals surface area (Å²) in [5, 5.41) is 9.77. The molecule has 1 saturated carbocycles. The predicted molar refractivity (Wildman–Crippen MR) is 78.1 cm³/mol. The molecule has 22 heavy (non-hydrogen) atoms. The van der Waals surface area contributed by atoms with Gasteiger partial charge in [-0.2, -0.15) is 5.10 Å². The minimum Gasteiger partial charge on any atom is -0.351 e. The highest BCUT2D eigenvalue weighted by Crippen LogP contribution is 2.34. The maximum atomic E-state index is 12.9. The number of rotatable bonds is 4. The number of amides is 2. The summed E-state index contributed by atoms with van der Waals surface area (Å²) in [6, 6.07) is 1.68. The first-order chi connectivity index (χ1) is 10.5. The van der Waals surface area contributed by atoms with Crippen molar-refractivity contribution in [1.29, 1.82) is 0 Å². The second-order valence-corrected chi connectivity index (χ2v) is 6.47. The van der Waals surface area contributed by atoms with E-state index in [1.165, 1.54) is 0 Å². The van der Waals surface area contributed by atoms with Gasteiger partial charge in [-0.25, -0.2) is 4.39 Å². The van der Waals surface area contributed by atoms with Crippen LogP contribution in [0.15, 0.2) is 6.07 Å². The summed E-state index contributed by atoms with van der Waals surface area (Å²) >= 11 is 0. The minimum atomic E-state index is -0.988. The van der Waals surface area contributed by atoms with Crippen LogP contribution >= 0.6 is 0 Å².